The normalized spacial score (nSPS) is 11.5. The lowest BCUT2D eigenvalue weighted by Crippen LogP contribution is -2.20. The van der Waals surface area contributed by atoms with E-state index in [1.807, 2.05) is 36.5 Å². The zero-order chi connectivity index (χ0) is 18.3. The molecule has 0 aliphatic carbocycles. The van der Waals surface area contributed by atoms with Crippen molar-refractivity contribution in [3.63, 3.8) is 0 Å². The van der Waals surface area contributed by atoms with Gasteiger partial charge in [0, 0.05) is 29.5 Å². The maximum absolute atomic E-state index is 12.7. The summed E-state index contributed by atoms with van der Waals surface area (Å²) < 4.78 is 3.51. The van der Waals surface area contributed by atoms with Crippen LogP contribution in [0, 0.1) is 0 Å². The standard InChI is InChI=1S/C20H19ClN4O/c1-3-10-24-11-9-17-15(20(24)26)12-22-19-18(16(4-2)23-25(17)19)13-5-7-14(21)8-6-13/h5-9,11-12H,3-4,10H2,1-2H3. The molecular formula is C20H19ClN4O. The van der Waals surface area contributed by atoms with Gasteiger partial charge in [0.25, 0.3) is 5.56 Å². The van der Waals surface area contributed by atoms with E-state index in [9.17, 15) is 4.79 Å². The van der Waals surface area contributed by atoms with Crippen LogP contribution in [0.2, 0.25) is 5.02 Å². The van der Waals surface area contributed by atoms with E-state index in [0.29, 0.717) is 17.0 Å². The first kappa shape index (κ1) is 16.8. The smallest absolute Gasteiger partial charge is 0.261 e. The fourth-order valence-corrected chi connectivity index (χ4v) is 3.46. The Morgan fingerprint density at radius 2 is 1.88 bits per heavy atom. The Hall–Kier alpha value is -2.66. The zero-order valence-electron chi connectivity index (χ0n) is 14.7. The summed E-state index contributed by atoms with van der Waals surface area (Å²) in [6, 6.07) is 9.63. The number of hydrogen-bond donors (Lipinski definition) is 0. The SMILES string of the molecule is CCCn1ccc2c(cnc3c(-c4ccc(Cl)cc4)c(CC)nn32)c1=O. The molecule has 0 aliphatic heterocycles. The van der Waals surface area contributed by atoms with Crippen LogP contribution in [0.5, 0.6) is 0 Å². The highest BCUT2D eigenvalue weighted by atomic mass is 35.5. The van der Waals surface area contributed by atoms with Gasteiger partial charge in [-0.1, -0.05) is 37.6 Å². The van der Waals surface area contributed by atoms with Crippen molar-refractivity contribution in [2.75, 3.05) is 0 Å². The quantitative estimate of drug-likeness (QED) is 0.540. The molecule has 0 N–H and O–H groups in total. The molecule has 1 aromatic carbocycles. The number of halogens is 1. The van der Waals surface area contributed by atoms with Gasteiger partial charge in [-0.25, -0.2) is 9.50 Å². The third-order valence-electron chi connectivity index (χ3n) is 4.59. The highest BCUT2D eigenvalue weighted by molar-refractivity contribution is 6.30. The monoisotopic (exact) mass is 366 g/mol. The van der Waals surface area contributed by atoms with E-state index in [1.54, 1.807) is 15.3 Å². The summed E-state index contributed by atoms with van der Waals surface area (Å²) in [5, 5.41) is 6.03. The van der Waals surface area contributed by atoms with Crippen LogP contribution in [0.4, 0.5) is 0 Å². The molecule has 132 valence electrons. The number of hydrogen-bond acceptors (Lipinski definition) is 3. The number of aryl methyl sites for hydroxylation is 2. The van der Waals surface area contributed by atoms with E-state index in [2.05, 4.69) is 18.8 Å². The molecule has 0 spiro atoms. The second-order valence-electron chi connectivity index (χ2n) is 6.29. The van der Waals surface area contributed by atoms with E-state index in [4.69, 9.17) is 16.7 Å². The molecule has 0 aliphatic rings. The predicted octanol–water partition coefficient (Wildman–Crippen LogP) is 4.34. The topological polar surface area (TPSA) is 52.2 Å². The minimum absolute atomic E-state index is 0.0275. The van der Waals surface area contributed by atoms with Crippen molar-refractivity contribution < 1.29 is 0 Å². The Labute approximate surface area is 155 Å². The molecule has 3 heterocycles. The van der Waals surface area contributed by atoms with Gasteiger partial charge >= 0.3 is 0 Å². The lowest BCUT2D eigenvalue weighted by Gasteiger charge is -2.07. The van der Waals surface area contributed by atoms with E-state index >= 15 is 0 Å². The van der Waals surface area contributed by atoms with Crippen LogP contribution in [-0.4, -0.2) is 19.2 Å². The van der Waals surface area contributed by atoms with Gasteiger partial charge in [-0.15, -0.1) is 0 Å². The van der Waals surface area contributed by atoms with Crippen LogP contribution in [0.1, 0.15) is 26.0 Å². The molecule has 0 atom stereocenters. The summed E-state index contributed by atoms with van der Waals surface area (Å²) in [4.78, 5) is 17.3. The molecule has 4 rings (SSSR count). The summed E-state index contributed by atoms with van der Waals surface area (Å²) >= 11 is 6.03. The summed E-state index contributed by atoms with van der Waals surface area (Å²) in [5.74, 6) is 0. The first-order valence-corrected chi connectivity index (χ1v) is 9.17. The fraction of sp³-hybridized carbons (Fsp3) is 0.250. The van der Waals surface area contributed by atoms with Gasteiger partial charge in [-0.2, -0.15) is 5.10 Å². The lowest BCUT2D eigenvalue weighted by molar-refractivity contribution is 0.658. The van der Waals surface area contributed by atoms with Gasteiger partial charge < -0.3 is 4.57 Å². The van der Waals surface area contributed by atoms with Gasteiger partial charge in [0.1, 0.15) is 0 Å². The van der Waals surface area contributed by atoms with E-state index in [1.165, 1.54) is 0 Å². The van der Waals surface area contributed by atoms with Crippen molar-refractivity contribution in [2.45, 2.75) is 33.2 Å². The molecule has 0 fully saturated rings. The summed E-state index contributed by atoms with van der Waals surface area (Å²) in [7, 11) is 0. The number of fused-ring (bicyclic) bond motifs is 3. The van der Waals surface area contributed by atoms with Crippen molar-refractivity contribution in [2.24, 2.45) is 0 Å². The number of nitrogens with zero attached hydrogens (tertiary/aromatic N) is 4. The van der Waals surface area contributed by atoms with E-state index in [0.717, 1.165) is 40.8 Å². The number of pyridine rings is 1. The first-order chi connectivity index (χ1) is 12.6. The van der Waals surface area contributed by atoms with E-state index < -0.39 is 0 Å². The molecule has 0 saturated heterocycles. The van der Waals surface area contributed by atoms with Crippen molar-refractivity contribution >= 4 is 28.2 Å². The van der Waals surface area contributed by atoms with Crippen molar-refractivity contribution in [3.8, 4) is 11.1 Å². The second kappa shape index (κ2) is 6.57. The molecule has 0 radical (unpaired) electrons. The average Bonchev–Trinajstić information content (AvgIpc) is 3.04. The van der Waals surface area contributed by atoms with Gasteiger partial charge in [-0.05, 0) is 36.6 Å². The van der Waals surface area contributed by atoms with Crippen LogP contribution < -0.4 is 5.56 Å². The minimum atomic E-state index is -0.0275. The van der Waals surface area contributed by atoms with Crippen molar-refractivity contribution in [1.29, 1.82) is 0 Å². The van der Waals surface area contributed by atoms with Gasteiger partial charge in [0.15, 0.2) is 5.65 Å². The molecular weight excluding hydrogens is 348 g/mol. The number of benzene rings is 1. The highest BCUT2D eigenvalue weighted by Gasteiger charge is 2.17. The fourth-order valence-electron chi connectivity index (χ4n) is 3.33. The van der Waals surface area contributed by atoms with Gasteiger partial charge in [0.05, 0.1) is 16.6 Å². The zero-order valence-corrected chi connectivity index (χ0v) is 15.5. The van der Waals surface area contributed by atoms with Crippen LogP contribution in [-0.2, 0) is 13.0 Å². The number of aromatic nitrogens is 4. The molecule has 0 unspecified atom stereocenters. The average molecular weight is 367 g/mol. The molecule has 6 heteroatoms. The molecule has 3 aromatic heterocycles. The number of rotatable bonds is 4. The third kappa shape index (κ3) is 2.59. The van der Waals surface area contributed by atoms with Gasteiger partial charge in [0.2, 0.25) is 0 Å². The van der Waals surface area contributed by atoms with Gasteiger partial charge in [-0.3, -0.25) is 4.79 Å². The van der Waals surface area contributed by atoms with E-state index in [-0.39, 0.29) is 5.56 Å². The second-order valence-corrected chi connectivity index (χ2v) is 6.73. The molecule has 5 nitrogen and oxygen atoms in total. The Balaban J connectivity index is 2.03. The van der Waals surface area contributed by atoms with Crippen molar-refractivity contribution in [3.05, 3.63) is 63.8 Å². The Morgan fingerprint density at radius 3 is 2.58 bits per heavy atom. The minimum Gasteiger partial charge on any atom is -0.315 e. The molecule has 26 heavy (non-hydrogen) atoms. The summed E-state index contributed by atoms with van der Waals surface area (Å²) in [6.45, 7) is 4.82. The largest absolute Gasteiger partial charge is 0.315 e. The maximum Gasteiger partial charge on any atom is 0.261 e. The van der Waals surface area contributed by atoms with Crippen LogP contribution in [0.3, 0.4) is 0 Å². The van der Waals surface area contributed by atoms with Crippen molar-refractivity contribution in [1.82, 2.24) is 19.2 Å². The van der Waals surface area contributed by atoms with Crippen LogP contribution in [0.15, 0.2) is 47.5 Å². The summed E-state index contributed by atoms with van der Waals surface area (Å²) in [5.41, 5.74) is 4.47. The molecule has 4 aromatic rings. The maximum atomic E-state index is 12.7. The van der Waals surface area contributed by atoms with Crippen LogP contribution in [0.25, 0.3) is 27.7 Å². The molecule has 0 bridgehead atoms. The predicted molar refractivity (Wildman–Crippen MR) is 105 cm³/mol. The van der Waals surface area contributed by atoms with Crippen LogP contribution >= 0.6 is 11.6 Å². The third-order valence-corrected chi connectivity index (χ3v) is 4.84. The lowest BCUT2D eigenvalue weighted by atomic mass is 10.0. The Bertz CT molecular complexity index is 1160. The highest BCUT2D eigenvalue weighted by Crippen LogP contribution is 2.30. The first-order valence-electron chi connectivity index (χ1n) is 8.79. The Kier molecular flexibility index (Phi) is 4.24. The molecule has 0 saturated carbocycles. The molecule has 0 amide bonds. The Morgan fingerprint density at radius 1 is 1.12 bits per heavy atom. The summed E-state index contributed by atoms with van der Waals surface area (Å²) in [6.07, 6.45) is 5.18.